The maximum atomic E-state index is 13.4. The maximum Gasteiger partial charge on any atom is 0.416 e. The van der Waals surface area contributed by atoms with Crippen LogP contribution < -0.4 is 0 Å². The number of likely N-dealkylation sites (tertiary alicyclic amines) is 1. The lowest BCUT2D eigenvalue weighted by Gasteiger charge is -2.33. The van der Waals surface area contributed by atoms with E-state index in [0.29, 0.717) is 49.7 Å². The van der Waals surface area contributed by atoms with E-state index in [2.05, 4.69) is 23.7 Å². The number of hydrogen-bond donors (Lipinski definition) is 0. The van der Waals surface area contributed by atoms with Crippen molar-refractivity contribution in [3.63, 3.8) is 0 Å². The first-order chi connectivity index (χ1) is 15.2. The van der Waals surface area contributed by atoms with E-state index in [1.807, 2.05) is 0 Å². The van der Waals surface area contributed by atoms with Crippen molar-refractivity contribution in [3.05, 3.63) is 46.5 Å². The number of halogens is 3. The predicted octanol–water partition coefficient (Wildman–Crippen LogP) is 4.91. The third kappa shape index (κ3) is 4.92. The summed E-state index contributed by atoms with van der Waals surface area (Å²) in [4.78, 5) is 22.1. The zero-order valence-corrected chi connectivity index (χ0v) is 18.9. The molecule has 0 saturated carbocycles. The van der Waals surface area contributed by atoms with E-state index in [1.165, 1.54) is 11.6 Å². The largest absolute Gasteiger partial charge is 0.416 e. The molecule has 1 aromatic rings. The molecule has 174 valence electrons. The van der Waals surface area contributed by atoms with E-state index < -0.39 is 11.7 Å². The number of hydrogen-bond acceptors (Lipinski definition) is 3. The van der Waals surface area contributed by atoms with Gasteiger partial charge in [-0.1, -0.05) is 32.0 Å². The fraction of sp³-hybridized carbons (Fsp3) is 0.600. The van der Waals surface area contributed by atoms with Crippen LogP contribution in [0.1, 0.15) is 56.6 Å². The minimum Gasteiger partial charge on any atom is -0.337 e. The van der Waals surface area contributed by atoms with Crippen LogP contribution in [0.2, 0.25) is 0 Å². The Balaban J connectivity index is 1.43. The van der Waals surface area contributed by atoms with Gasteiger partial charge in [-0.05, 0) is 66.8 Å². The topological polar surface area (TPSA) is 35.9 Å². The SMILES string of the molecule is CC(C)CN1CCCC2=C(C1)C(C(=O)N1CCC(c3ccccc3C(F)(F)F)CC1)=NC2. The molecule has 0 atom stereocenters. The summed E-state index contributed by atoms with van der Waals surface area (Å²) >= 11 is 0. The molecule has 0 radical (unpaired) electrons. The second-order valence-corrected chi connectivity index (χ2v) is 9.63. The van der Waals surface area contributed by atoms with Gasteiger partial charge in [-0.25, -0.2) is 0 Å². The quantitative estimate of drug-likeness (QED) is 0.657. The van der Waals surface area contributed by atoms with Crippen LogP contribution in [-0.2, 0) is 11.0 Å². The van der Waals surface area contributed by atoms with E-state index in [9.17, 15) is 18.0 Å². The zero-order valence-electron chi connectivity index (χ0n) is 18.9. The molecule has 3 heterocycles. The van der Waals surface area contributed by atoms with Crippen molar-refractivity contribution in [2.75, 3.05) is 39.3 Å². The van der Waals surface area contributed by atoms with E-state index >= 15 is 0 Å². The number of carbonyl (C=O) groups excluding carboxylic acids is 1. The standard InChI is InChI=1S/C25H32F3N3O/c1-17(2)15-30-11-5-6-19-14-29-23(21(19)16-30)24(32)31-12-9-18(10-13-31)20-7-3-4-8-22(20)25(26,27)28/h3-4,7-8,17-18H,5-6,9-16H2,1-2H3. The van der Waals surface area contributed by atoms with Crippen molar-refractivity contribution >= 4 is 11.6 Å². The number of carbonyl (C=O) groups is 1. The molecule has 1 fully saturated rings. The molecule has 0 spiro atoms. The van der Waals surface area contributed by atoms with Gasteiger partial charge >= 0.3 is 6.18 Å². The molecular formula is C25H32F3N3O. The molecule has 1 amide bonds. The Labute approximate surface area is 188 Å². The average Bonchev–Trinajstić information content (AvgIpc) is 3.04. The molecular weight excluding hydrogens is 415 g/mol. The number of aliphatic imine (C=N–C) groups is 1. The van der Waals surface area contributed by atoms with Gasteiger partial charge in [0.25, 0.3) is 5.91 Å². The molecule has 3 aliphatic rings. The Morgan fingerprint density at radius 1 is 1.16 bits per heavy atom. The molecule has 0 N–H and O–H groups in total. The summed E-state index contributed by atoms with van der Waals surface area (Å²) in [5.74, 6) is 0.328. The van der Waals surface area contributed by atoms with Crippen LogP contribution in [0, 0.1) is 5.92 Å². The molecule has 32 heavy (non-hydrogen) atoms. The van der Waals surface area contributed by atoms with Gasteiger partial charge in [-0.3, -0.25) is 14.7 Å². The summed E-state index contributed by atoms with van der Waals surface area (Å²) in [6.45, 7) is 8.76. The van der Waals surface area contributed by atoms with Gasteiger partial charge in [0.05, 0.1) is 12.1 Å². The fourth-order valence-corrected chi connectivity index (χ4v) is 5.29. The Morgan fingerprint density at radius 3 is 2.56 bits per heavy atom. The fourth-order valence-electron chi connectivity index (χ4n) is 5.29. The lowest BCUT2D eigenvalue weighted by molar-refractivity contribution is -0.138. The molecule has 1 saturated heterocycles. The van der Waals surface area contributed by atoms with Gasteiger partial charge in [0, 0.05) is 26.2 Å². The highest BCUT2D eigenvalue weighted by molar-refractivity contribution is 6.46. The van der Waals surface area contributed by atoms with Gasteiger partial charge in [-0.2, -0.15) is 13.2 Å². The Morgan fingerprint density at radius 2 is 1.88 bits per heavy atom. The van der Waals surface area contributed by atoms with Gasteiger partial charge < -0.3 is 4.90 Å². The summed E-state index contributed by atoms with van der Waals surface area (Å²) in [6, 6.07) is 5.84. The van der Waals surface area contributed by atoms with E-state index in [-0.39, 0.29) is 11.8 Å². The van der Waals surface area contributed by atoms with Crippen molar-refractivity contribution in [1.29, 1.82) is 0 Å². The van der Waals surface area contributed by atoms with E-state index in [4.69, 9.17) is 0 Å². The molecule has 1 aromatic carbocycles. The zero-order chi connectivity index (χ0) is 22.9. The van der Waals surface area contributed by atoms with Crippen molar-refractivity contribution in [3.8, 4) is 0 Å². The number of amides is 1. The summed E-state index contributed by atoms with van der Waals surface area (Å²) in [5, 5.41) is 0. The smallest absolute Gasteiger partial charge is 0.337 e. The molecule has 3 aliphatic heterocycles. The summed E-state index contributed by atoms with van der Waals surface area (Å²) in [7, 11) is 0. The minimum absolute atomic E-state index is 0.0519. The van der Waals surface area contributed by atoms with Crippen molar-refractivity contribution < 1.29 is 18.0 Å². The van der Waals surface area contributed by atoms with Crippen LogP contribution >= 0.6 is 0 Å². The Hall–Kier alpha value is -2.15. The van der Waals surface area contributed by atoms with Crippen molar-refractivity contribution in [2.45, 2.75) is 51.6 Å². The number of rotatable bonds is 4. The molecule has 7 heteroatoms. The van der Waals surface area contributed by atoms with Crippen LogP contribution in [0.3, 0.4) is 0 Å². The minimum atomic E-state index is -4.35. The van der Waals surface area contributed by atoms with Gasteiger partial charge in [0.1, 0.15) is 5.71 Å². The number of alkyl halides is 3. The van der Waals surface area contributed by atoms with Gasteiger partial charge in [0.2, 0.25) is 0 Å². The second kappa shape index (κ2) is 9.38. The molecule has 4 rings (SSSR count). The number of piperidine rings is 1. The number of nitrogens with zero attached hydrogens (tertiary/aromatic N) is 3. The molecule has 0 bridgehead atoms. The van der Waals surface area contributed by atoms with Crippen LogP contribution in [-0.4, -0.2) is 60.7 Å². The third-order valence-corrected chi connectivity index (χ3v) is 6.79. The highest BCUT2D eigenvalue weighted by atomic mass is 19.4. The first-order valence-corrected chi connectivity index (χ1v) is 11.7. The Bertz CT molecular complexity index is 911. The summed E-state index contributed by atoms with van der Waals surface area (Å²) < 4.78 is 40.3. The van der Waals surface area contributed by atoms with Crippen LogP contribution in [0.25, 0.3) is 0 Å². The van der Waals surface area contributed by atoms with Gasteiger partial charge in [0.15, 0.2) is 0 Å². The highest BCUT2D eigenvalue weighted by Gasteiger charge is 2.37. The van der Waals surface area contributed by atoms with Crippen molar-refractivity contribution in [1.82, 2.24) is 9.80 Å². The van der Waals surface area contributed by atoms with E-state index in [1.54, 1.807) is 17.0 Å². The van der Waals surface area contributed by atoms with Crippen LogP contribution in [0.5, 0.6) is 0 Å². The van der Waals surface area contributed by atoms with Crippen LogP contribution in [0.4, 0.5) is 13.2 Å². The first kappa shape index (κ1) is 23.0. The van der Waals surface area contributed by atoms with E-state index in [0.717, 1.165) is 44.1 Å². The molecule has 0 aliphatic carbocycles. The lowest BCUT2D eigenvalue weighted by Crippen LogP contribution is -2.43. The second-order valence-electron chi connectivity index (χ2n) is 9.63. The summed E-state index contributed by atoms with van der Waals surface area (Å²) in [5.41, 5.74) is 2.77. The monoisotopic (exact) mass is 447 g/mol. The normalized spacial score (nSPS) is 21.1. The maximum absolute atomic E-state index is 13.4. The number of benzene rings is 1. The average molecular weight is 448 g/mol. The third-order valence-electron chi connectivity index (χ3n) is 6.79. The Kier molecular flexibility index (Phi) is 6.75. The van der Waals surface area contributed by atoms with Crippen molar-refractivity contribution in [2.24, 2.45) is 10.9 Å². The van der Waals surface area contributed by atoms with Crippen LogP contribution in [0.15, 0.2) is 40.4 Å². The van der Waals surface area contributed by atoms with Gasteiger partial charge in [-0.15, -0.1) is 0 Å². The molecule has 4 nitrogen and oxygen atoms in total. The molecule has 0 unspecified atom stereocenters. The first-order valence-electron chi connectivity index (χ1n) is 11.7. The molecule has 0 aromatic heterocycles. The predicted molar refractivity (Wildman–Crippen MR) is 120 cm³/mol. The lowest BCUT2D eigenvalue weighted by atomic mass is 9.86. The highest BCUT2D eigenvalue weighted by Crippen LogP contribution is 2.39. The summed E-state index contributed by atoms with van der Waals surface area (Å²) in [6.07, 6.45) is -1.20.